The summed E-state index contributed by atoms with van der Waals surface area (Å²) in [6.45, 7) is 3.07. The van der Waals surface area contributed by atoms with Crippen LogP contribution in [0, 0.1) is 5.92 Å². The van der Waals surface area contributed by atoms with E-state index < -0.39 is 0 Å². The highest BCUT2D eigenvalue weighted by Gasteiger charge is 2.20. The van der Waals surface area contributed by atoms with Crippen LogP contribution in [0.3, 0.4) is 0 Å². The van der Waals surface area contributed by atoms with Gasteiger partial charge in [0.1, 0.15) is 0 Å². The first-order valence-corrected chi connectivity index (χ1v) is 6.40. The quantitative estimate of drug-likeness (QED) is 0.792. The van der Waals surface area contributed by atoms with E-state index >= 15 is 0 Å². The smallest absolute Gasteiger partial charge is 0.0273 e. The van der Waals surface area contributed by atoms with Crippen LogP contribution in [0.2, 0.25) is 0 Å². The lowest BCUT2D eigenvalue weighted by Gasteiger charge is -2.25. The fraction of sp³-hybridized carbons (Fsp3) is 0.667. The SMILES string of the molecule is CC1CCC(c2ccc(CN)s2)CC1. The minimum Gasteiger partial charge on any atom is -0.326 e. The van der Waals surface area contributed by atoms with E-state index in [0.717, 1.165) is 11.8 Å². The molecule has 0 amide bonds. The lowest BCUT2D eigenvalue weighted by Crippen LogP contribution is -2.09. The van der Waals surface area contributed by atoms with Gasteiger partial charge < -0.3 is 5.73 Å². The first kappa shape index (κ1) is 10.2. The lowest BCUT2D eigenvalue weighted by atomic mass is 9.82. The molecule has 78 valence electrons. The summed E-state index contributed by atoms with van der Waals surface area (Å²) in [6.07, 6.45) is 5.57. The first-order valence-electron chi connectivity index (χ1n) is 5.58. The predicted octanol–water partition coefficient (Wildman–Crippen LogP) is 3.50. The number of hydrogen-bond donors (Lipinski definition) is 1. The monoisotopic (exact) mass is 209 g/mol. The van der Waals surface area contributed by atoms with Crippen molar-refractivity contribution in [1.29, 1.82) is 0 Å². The Kier molecular flexibility index (Phi) is 3.24. The maximum absolute atomic E-state index is 5.63. The largest absolute Gasteiger partial charge is 0.326 e. The third-order valence-electron chi connectivity index (χ3n) is 3.30. The number of nitrogens with two attached hydrogens (primary N) is 1. The van der Waals surface area contributed by atoms with Gasteiger partial charge in [-0.05, 0) is 36.8 Å². The summed E-state index contributed by atoms with van der Waals surface area (Å²) in [5.74, 6) is 1.77. The van der Waals surface area contributed by atoms with Crippen molar-refractivity contribution < 1.29 is 0 Å². The number of hydrogen-bond acceptors (Lipinski definition) is 2. The number of rotatable bonds is 2. The van der Waals surface area contributed by atoms with Crippen molar-refractivity contribution in [2.24, 2.45) is 11.7 Å². The molecular weight excluding hydrogens is 190 g/mol. The van der Waals surface area contributed by atoms with Gasteiger partial charge in [-0.25, -0.2) is 0 Å². The lowest BCUT2D eigenvalue weighted by molar-refractivity contribution is 0.350. The summed E-state index contributed by atoms with van der Waals surface area (Å²) in [5.41, 5.74) is 5.63. The zero-order valence-corrected chi connectivity index (χ0v) is 9.65. The molecule has 1 aromatic heterocycles. The molecule has 2 rings (SSSR count). The van der Waals surface area contributed by atoms with E-state index in [9.17, 15) is 0 Å². The van der Waals surface area contributed by atoms with E-state index in [0.29, 0.717) is 6.54 Å². The molecule has 1 aliphatic rings. The van der Waals surface area contributed by atoms with Crippen molar-refractivity contribution in [3.05, 3.63) is 21.9 Å². The molecule has 1 aromatic rings. The molecule has 1 fully saturated rings. The second-order valence-electron chi connectivity index (χ2n) is 4.46. The van der Waals surface area contributed by atoms with Crippen molar-refractivity contribution >= 4 is 11.3 Å². The zero-order chi connectivity index (χ0) is 9.97. The molecule has 1 saturated carbocycles. The summed E-state index contributed by atoms with van der Waals surface area (Å²) < 4.78 is 0. The summed E-state index contributed by atoms with van der Waals surface area (Å²) in [5, 5.41) is 0. The Labute approximate surface area is 90.3 Å². The van der Waals surface area contributed by atoms with E-state index in [4.69, 9.17) is 5.73 Å². The molecule has 0 saturated heterocycles. The van der Waals surface area contributed by atoms with Crippen LogP contribution in [0.25, 0.3) is 0 Å². The molecule has 0 atom stereocenters. The standard InChI is InChI=1S/C12H19NS/c1-9-2-4-10(5-3-9)12-7-6-11(8-13)14-12/h6-7,9-10H,2-5,8,13H2,1H3. The van der Waals surface area contributed by atoms with E-state index in [1.165, 1.54) is 30.6 Å². The highest BCUT2D eigenvalue weighted by Crippen LogP contribution is 2.38. The Morgan fingerprint density at radius 1 is 1.29 bits per heavy atom. The van der Waals surface area contributed by atoms with Gasteiger partial charge in [0.25, 0.3) is 0 Å². The zero-order valence-electron chi connectivity index (χ0n) is 8.83. The topological polar surface area (TPSA) is 26.0 Å². The third-order valence-corrected chi connectivity index (χ3v) is 4.57. The predicted molar refractivity (Wildman–Crippen MR) is 62.6 cm³/mol. The molecule has 1 aliphatic carbocycles. The fourth-order valence-corrected chi connectivity index (χ4v) is 3.33. The molecule has 0 aliphatic heterocycles. The Morgan fingerprint density at radius 2 is 2.00 bits per heavy atom. The molecule has 0 aromatic carbocycles. The van der Waals surface area contributed by atoms with Crippen LogP contribution < -0.4 is 5.73 Å². The van der Waals surface area contributed by atoms with Gasteiger partial charge in [-0.3, -0.25) is 0 Å². The van der Waals surface area contributed by atoms with Crippen LogP contribution in [-0.2, 0) is 6.54 Å². The minimum absolute atomic E-state index is 0.702. The Hall–Kier alpha value is -0.340. The molecule has 0 bridgehead atoms. The highest BCUT2D eigenvalue weighted by atomic mass is 32.1. The number of thiophene rings is 1. The van der Waals surface area contributed by atoms with Gasteiger partial charge >= 0.3 is 0 Å². The Balaban J connectivity index is 2.01. The molecule has 2 heteroatoms. The molecule has 14 heavy (non-hydrogen) atoms. The van der Waals surface area contributed by atoms with Gasteiger partial charge in [-0.2, -0.15) is 0 Å². The molecule has 0 radical (unpaired) electrons. The molecule has 1 heterocycles. The van der Waals surface area contributed by atoms with Crippen LogP contribution >= 0.6 is 11.3 Å². The molecule has 0 spiro atoms. The normalized spacial score (nSPS) is 27.9. The molecule has 0 unspecified atom stereocenters. The van der Waals surface area contributed by atoms with Crippen LogP contribution in [-0.4, -0.2) is 0 Å². The van der Waals surface area contributed by atoms with Gasteiger partial charge in [-0.15, -0.1) is 11.3 Å². The van der Waals surface area contributed by atoms with Crippen molar-refractivity contribution in [2.75, 3.05) is 0 Å². The van der Waals surface area contributed by atoms with Gasteiger partial charge in [0.05, 0.1) is 0 Å². The van der Waals surface area contributed by atoms with Gasteiger partial charge in [0.2, 0.25) is 0 Å². The van der Waals surface area contributed by atoms with Crippen LogP contribution in [0.15, 0.2) is 12.1 Å². The van der Waals surface area contributed by atoms with Gasteiger partial charge in [-0.1, -0.05) is 19.8 Å². The highest BCUT2D eigenvalue weighted by molar-refractivity contribution is 7.12. The summed E-state index contributed by atoms with van der Waals surface area (Å²) in [6, 6.07) is 4.48. The molecular formula is C12H19NS. The van der Waals surface area contributed by atoms with Crippen molar-refractivity contribution in [1.82, 2.24) is 0 Å². The van der Waals surface area contributed by atoms with E-state index in [1.54, 1.807) is 4.88 Å². The summed E-state index contributed by atoms with van der Waals surface area (Å²) in [7, 11) is 0. The van der Waals surface area contributed by atoms with Crippen molar-refractivity contribution in [3.8, 4) is 0 Å². The second kappa shape index (κ2) is 4.45. The minimum atomic E-state index is 0.702. The van der Waals surface area contributed by atoms with Crippen LogP contribution in [0.5, 0.6) is 0 Å². The van der Waals surface area contributed by atoms with E-state index in [-0.39, 0.29) is 0 Å². The maximum atomic E-state index is 5.63. The van der Waals surface area contributed by atoms with Crippen molar-refractivity contribution in [3.63, 3.8) is 0 Å². The van der Waals surface area contributed by atoms with Gasteiger partial charge in [0.15, 0.2) is 0 Å². The molecule has 2 N–H and O–H groups in total. The van der Waals surface area contributed by atoms with E-state index in [2.05, 4.69) is 19.1 Å². The van der Waals surface area contributed by atoms with Gasteiger partial charge in [0, 0.05) is 16.3 Å². The fourth-order valence-electron chi connectivity index (χ4n) is 2.27. The third kappa shape index (κ3) is 2.18. The molecule has 1 nitrogen and oxygen atoms in total. The second-order valence-corrected chi connectivity index (χ2v) is 5.66. The van der Waals surface area contributed by atoms with Crippen LogP contribution in [0.1, 0.15) is 48.3 Å². The maximum Gasteiger partial charge on any atom is 0.0273 e. The summed E-state index contributed by atoms with van der Waals surface area (Å²) >= 11 is 1.92. The average molecular weight is 209 g/mol. The first-order chi connectivity index (χ1) is 6.79. The Morgan fingerprint density at radius 3 is 2.57 bits per heavy atom. The average Bonchev–Trinajstić information content (AvgIpc) is 2.67. The summed E-state index contributed by atoms with van der Waals surface area (Å²) in [4.78, 5) is 2.90. The Bertz CT molecular complexity index is 284. The van der Waals surface area contributed by atoms with Crippen LogP contribution in [0.4, 0.5) is 0 Å². The van der Waals surface area contributed by atoms with Crippen molar-refractivity contribution in [2.45, 2.75) is 45.1 Å². The van der Waals surface area contributed by atoms with E-state index in [1.807, 2.05) is 11.3 Å².